The number of Topliss-reactive ketones (excluding diaryl/α,β-unsaturated/α-hetero) is 1. The van der Waals surface area contributed by atoms with Crippen molar-refractivity contribution in [3.63, 3.8) is 0 Å². The third-order valence-corrected chi connectivity index (χ3v) is 2.88. The van der Waals surface area contributed by atoms with E-state index in [0.717, 1.165) is 0 Å². The minimum atomic E-state index is -0.464. The number of hydrogen-bond acceptors (Lipinski definition) is 3. The first kappa shape index (κ1) is 13.4. The molecule has 3 nitrogen and oxygen atoms in total. The third-order valence-electron chi connectivity index (χ3n) is 2.64. The minimum absolute atomic E-state index is 0.141. The Morgan fingerprint density at radius 2 is 2.00 bits per heavy atom. The third kappa shape index (κ3) is 3.03. The van der Waals surface area contributed by atoms with Crippen molar-refractivity contribution < 1.29 is 9.18 Å². The number of halogens is 2. The summed E-state index contributed by atoms with van der Waals surface area (Å²) in [5.74, 6) is -0.605. The van der Waals surface area contributed by atoms with E-state index in [9.17, 15) is 9.18 Å². The van der Waals surface area contributed by atoms with Gasteiger partial charge in [0.25, 0.3) is 0 Å². The zero-order chi connectivity index (χ0) is 14.0. The maximum Gasteiger partial charge on any atom is 0.161 e. The monoisotopic (exact) mass is 278 g/mol. The van der Waals surface area contributed by atoms with Gasteiger partial charge >= 0.3 is 0 Å². The summed E-state index contributed by atoms with van der Waals surface area (Å²) in [5.41, 5.74) is 7.36. The Bertz CT molecular complexity index is 643. The highest BCUT2D eigenvalue weighted by atomic mass is 35.5. The Morgan fingerprint density at radius 1 is 1.26 bits per heavy atom. The van der Waals surface area contributed by atoms with Crippen LogP contribution in [0.5, 0.6) is 0 Å². The molecule has 0 amide bonds. The predicted molar refractivity (Wildman–Crippen MR) is 75.6 cm³/mol. The number of anilines is 3. The van der Waals surface area contributed by atoms with Gasteiger partial charge in [0, 0.05) is 22.0 Å². The molecule has 0 saturated carbocycles. The normalized spacial score (nSPS) is 10.3. The number of nitrogen functional groups attached to an aromatic ring is 1. The van der Waals surface area contributed by atoms with Crippen molar-refractivity contribution in [2.24, 2.45) is 0 Å². The summed E-state index contributed by atoms with van der Waals surface area (Å²) in [7, 11) is 0. The molecule has 0 saturated heterocycles. The van der Waals surface area contributed by atoms with Crippen molar-refractivity contribution in [3.8, 4) is 0 Å². The van der Waals surface area contributed by atoms with Gasteiger partial charge in [0.15, 0.2) is 5.78 Å². The molecule has 98 valence electrons. The maximum atomic E-state index is 13.6. The van der Waals surface area contributed by atoms with Gasteiger partial charge in [-0.2, -0.15) is 0 Å². The minimum Gasteiger partial charge on any atom is -0.398 e. The molecular formula is C14H12ClFN2O. The number of carbonyl (C=O) groups excluding carboxylic acids is 1. The lowest BCUT2D eigenvalue weighted by Gasteiger charge is -2.10. The van der Waals surface area contributed by atoms with Gasteiger partial charge in [-0.05, 0) is 43.3 Å². The number of hydrogen-bond donors (Lipinski definition) is 2. The van der Waals surface area contributed by atoms with Crippen molar-refractivity contribution in [3.05, 3.63) is 52.8 Å². The fraction of sp³-hybridized carbons (Fsp3) is 0.0714. The van der Waals surface area contributed by atoms with Crippen LogP contribution in [0.2, 0.25) is 5.02 Å². The molecule has 0 aliphatic rings. The first-order valence-corrected chi connectivity index (χ1v) is 5.97. The molecule has 0 atom stereocenters. The van der Waals surface area contributed by atoms with Crippen LogP contribution in [0.15, 0.2) is 36.4 Å². The Balaban J connectivity index is 2.33. The second-order valence-electron chi connectivity index (χ2n) is 4.11. The Hall–Kier alpha value is -2.07. The van der Waals surface area contributed by atoms with Crippen molar-refractivity contribution in [1.82, 2.24) is 0 Å². The number of carbonyl (C=O) groups is 1. The second kappa shape index (κ2) is 5.28. The zero-order valence-corrected chi connectivity index (χ0v) is 11.0. The second-order valence-corrected chi connectivity index (χ2v) is 4.54. The molecule has 0 aliphatic heterocycles. The summed E-state index contributed by atoms with van der Waals surface area (Å²) in [6, 6.07) is 9.19. The Labute approximate surface area is 115 Å². The van der Waals surface area contributed by atoms with Crippen LogP contribution >= 0.6 is 11.6 Å². The molecule has 2 aromatic rings. The van der Waals surface area contributed by atoms with Gasteiger partial charge in [-0.25, -0.2) is 4.39 Å². The Kier molecular flexibility index (Phi) is 3.71. The van der Waals surface area contributed by atoms with Gasteiger partial charge in [-0.3, -0.25) is 4.79 Å². The van der Waals surface area contributed by atoms with Gasteiger partial charge in [0.2, 0.25) is 0 Å². The van der Waals surface area contributed by atoms with Crippen LogP contribution in [-0.4, -0.2) is 5.78 Å². The molecule has 0 radical (unpaired) electrons. The van der Waals surface area contributed by atoms with Crippen LogP contribution in [-0.2, 0) is 0 Å². The van der Waals surface area contributed by atoms with Crippen LogP contribution in [0, 0.1) is 5.82 Å². The van der Waals surface area contributed by atoms with Crippen LogP contribution < -0.4 is 11.1 Å². The summed E-state index contributed by atoms with van der Waals surface area (Å²) in [6.07, 6.45) is 0. The highest BCUT2D eigenvalue weighted by molar-refractivity contribution is 6.30. The average Bonchev–Trinajstić information content (AvgIpc) is 2.34. The predicted octanol–water partition coefficient (Wildman–Crippen LogP) is 4.01. The largest absolute Gasteiger partial charge is 0.398 e. The van der Waals surface area contributed by atoms with E-state index in [0.29, 0.717) is 22.0 Å². The van der Waals surface area contributed by atoms with E-state index in [1.165, 1.54) is 19.1 Å². The summed E-state index contributed by atoms with van der Waals surface area (Å²) < 4.78 is 13.6. The first-order valence-electron chi connectivity index (χ1n) is 5.60. The fourth-order valence-electron chi connectivity index (χ4n) is 1.69. The molecule has 0 fully saturated rings. The topological polar surface area (TPSA) is 55.1 Å². The standard InChI is InChI=1S/C14H12ClFN2O/c1-8(19)11-7-10(3-4-13(11)17)18-14-5-2-9(15)6-12(14)16/h2-7,18H,17H2,1H3. The highest BCUT2D eigenvalue weighted by Gasteiger charge is 2.08. The van der Waals surface area contributed by atoms with Crippen LogP contribution in [0.25, 0.3) is 0 Å². The lowest BCUT2D eigenvalue weighted by Crippen LogP contribution is -2.01. The summed E-state index contributed by atoms with van der Waals surface area (Å²) in [5, 5.41) is 3.20. The number of nitrogens with two attached hydrogens (primary N) is 1. The first-order chi connectivity index (χ1) is 8.97. The summed E-state index contributed by atoms with van der Waals surface area (Å²) in [4.78, 5) is 11.4. The van der Waals surface area contributed by atoms with E-state index in [2.05, 4.69) is 5.32 Å². The van der Waals surface area contributed by atoms with Gasteiger partial charge in [0.1, 0.15) is 5.82 Å². The van der Waals surface area contributed by atoms with E-state index in [4.69, 9.17) is 17.3 Å². The summed E-state index contributed by atoms with van der Waals surface area (Å²) in [6.45, 7) is 1.43. The quantitative estimate of drug-likeness (QED) is 0.659. The van der Waals surface area contributed by atoms with Crippen LogP contribution in [0.3, 0.4) is 0 Å². The van der Waals surface area contributed by atoms with Gasteiger partial charge in [0.05, 0.1) is 5.69 Å². The van der Waals surface area contributed by atoms with Crippen molar-refractivity contribution in [2.45, 2.75) is 6.92 Å². The van der Waals surface area contributed by atoms with E-state index in [1.807, 2.05) is 0 Å². The molecule has 0 bridgehead atoms. The summed E-state index contributed by atoms with van der Waals surface area (Å²) >= 11 is 5.68. The molecule has 2 rings (SSSR count). The van der Waals surface area contributed by atoms with Crippen molar-refractivity contribution in [2.75, 3.05) is 11.1 Å². The number of ketones is 1. The SMILES string of the molecule is CC(=O)c1cc(Nc2ccc(Cl)cc2F)ccc1N. The highest BCUT2D eigenvalue weighted by Crippen LogP contribution is 2.25. The Morgan fingerprint density at radius 3 is 2.63 bits per heavy atom. The lowest BCUT2D eigenvalue weighted by molar-refractivity contribution is 0.101. The van der Waals surface area contributed by atoms with E-state index < -0.39 is 5.82 Å². The number of nitrogens with one attached hydrogen (secondary N) is 1. The van der Waals surface area contributed by atoms with E-state index in [1.54, 1.807) is 24.3 Å². The van der Waals surface area contributed by atoms with Crippen LogP contribution in [0.4, 0.5) is 21.5 Å². The molecule has 0 aromatic heterocycles. The van der Waals surface area contributed by atoms with Gasteiger partial charge < -0.3 is 11.1 Å². The molecule has 0 aliphatic carbocycles. The maximum absolute atomic E-state index is 13.6. The number of rotatable bonds is 3. The molecule has 5 heteroatoms. The molecule has 0 spiro atoms. The fourth-order valence-corrected chi connectivity index (χ4v) is 1.84. The van der Waals surface area contributed by atoms with Gasteiger partial charge in [-0.15, -0.1) is 0 Å². The van der Waals surface area contributed by atoms with Crippen LogP contribution in [0.1, 0.15) is 17.3 Å². The molecule has 2 aromatic carbocycles. The smallest absolute Gasteiger partial charge is 0.161 e. The number of benzene rings is 2. The molecule has 0 heterocycles. The molecule has 3 N–H and O–H groups in total. The van der Waals surface area contributed by atoms with Crippen molar-refractivity contribution >= 4 is 34.4 Å². The van der Waals surface area contributed by atoms with E-state index in [-0.39, 0.29) is 11.5 Å². The molecule has 0 unspecified atom stereocenters. The molecule has 19 heavy (non-hydrogen) atoms. The molecular weight excluding hydrogens is 267 g/mol. The average molecular weight is 279 g/mol. The lowest BCUT2D eigenvalue weighted by atomic mass is 10.1. The van der Waals surface area contributed by atoms with Crippen molar-refractivity contribution in [1.29, 1.82) is 0 Å². The van der Waals surface area contributed by atoms with E-state index >= 15 is 0 Å². The van der Waals surface area contributed by atoms with Gasteiger partial charge in [-0.1, -0.05) is 11.6 Å². The zero-order valence-electron chi connectivity index (χ0n) is 10.2.